The van der Waals surface area contributed by atoms with Crippen molar-refractivity contribution in [3.8, 4) is 0 Å². The average molecular weight is 482 g/mol. The van der Waals surface area contributed by atoms with Crippen LogP contribution in [-0.4, -0.2) is 74.2 Å². The highest BCUT2D eigenvalue weighted by molar-refractivity contribution is 14.0. The number of aliphatic imine (C=N–C) groups is 1. The van der Waals surface area contributed by atoms with Gasteiger partial charge in [0.2, 0.25) is 0 Å². The first kappa shape index (κ1) is 25.9. The maximum absolute atomic E-state index is 4.80. The normalized spacial score (nSPS) is 17.5. The van der Waals surface area contributed by atoms with E-state index in [0.29, 0.717) is 6.04 Å². The Hall–Kier alpha value is -0.0800. The zero-order chi connectivity index (χ0) is 18.3. The summed E-state index contributed by atoms with van der Waals surface area (Å²) in [5, 5.41) is 6.97. The van der Waals surface area contributed by atoms with Crippen LogP contribution in [0.25, 0.3) is 0 Å². The molecule has 5 nitrogen and oxygen atoms in total. The van der Waals surface area contributed by atoms with E-state index >= 15 is 0 Å². The Morgan fingerprint density at radius 1 is 1.08 bits per heavy atom. The number of likely N-dealkylation sites (tertiary alicyclic amines) is 1. The Morgan fingerprint density at radius 2 is 1.73 bits per heavy atom. The van der Waals surface area contributed by atoms with Crippen LogP contribution >= 0.6 is 24.0 Å². The lowest BCUT2D eigenvalue weighted by atomic mass is 10.2. The van der Waals surface area contributed by atoms with Crippen LogP contribution in [0.15, 0.2) is 4.99 Å². The van der Waals surface area contributed by atoms with Gasteiger partial charge in [-0.2, -0.15) is 0 Å². The molecule has 1 fully saturated rings. The Kier molecular flexibility index (Phi) is 17.0. The quantitative estimate of drug-likeness (QED) is 0.269. The summed E-state index contributed by atoms with van der Waals surface area (Å²) in [7, 11) is 0. The summed E-state index contributed by atoms with van der Waals surface area (Å²) >= 11 is 0. The van der Waals surface area contributed by atoms with Crippen molar-refractivity contribution in [2.75, 3.05) is 52.4 Å². The largest absolute Gasteiger partial charge is 0.357 e. The molecule has 0 saturated carbocycles. The molecular formula is C20H44IN5. The van der Waals surface area contributed by atoms with Gasteiger partial charge in [0.25, 0.3) is 0 Å². The van der Waals surface area contributed by atoms with Gasteiger partial charge in [0.1, 0.15) is 0 Å². The van der Waals surface area contributed by atoms with Gasteiger partial charge in [0.15, 0.2) is 5.96 Å². The molecule has 0 aromatic carbocycles. The summed E-state index contributed by atoms with van der Waals surface area (Å²) in [5.41, 5.74) is 0. The van der Waals surface area contributed by atoms with E-state index in [1.807, 2.05) is 0 Å². The summed E-state index contributed by atoms with van der Waals surface area (Å²) in [6.45, 7) is 17.8. The Balaban J connectivity index is 0.00000625. The number of nitrogens with one attached hydrogen (secondary N) is 2. The second kappa shape index (κ2) is 17.0. The molecule has 0 radical (unpaired) electrons. The molecule has 0 amide bonds. The minimum Gasteiger partial charge on any atom is -0.357 e. The molecule has 6 heteroatoms. The van der Waals surface area contributed by atoms with Crippen molar-refractivity contribution in [3.63, 3.8) is 0 Å². The van der Waals surface area contributed by atoms with Gasteiger partial charge in [0.05, 0.1) is 6.54 Å². The van der Waals surface area contributed by atoms with E-state index in [-0.39, 0.29) is 24.0 Å². The van der Waals surface area contributed by atoms with Crippen molar-refractivity contribution in [1.82, 2.24) is 20.4 Å². The van der Waals surface area contributed by atoms with Crippen LogP contribution in [0.4, 0.5) is 0 Å². The standard InChI is InChI=1S/C20H43N5.HI/c1-5-21-20(22-14-18-25-15-10-8-9-11-16-25)23-19(4)13-12-17-24(6-2)7-3;/h19H,5-18H2,1-4H3,(H2,21,22,23);1H. The lowest BCUT2D eigenvalue weighted by Gasteiger charge is -2.22. The fraction of sp³-hybridized carbons (Fsp3) is 0.950. The van der Waals surface area contributed by atoms with Gasteiger partial charge in [-0.15, -0.1) is 24.0 Å². The van der Waals surface area contributed by atoms with Crippen molar-refractivity contribution < 1.29 is 0 Å². The Bertz CT molecular complexity index is 339. The summed E-state index contributed by atoms with van der Waals surface area (Å²) < 4.78 is 0. The molecule has 0 aromatic heterocycles. The zero-order valence-corrected chi connectivity index (χ0v) is 20.1. The van der Waals surface area contributed by atoms with Crippen molar-refractivity contribution in [2.45, 2.75) is 72.3 Å². The first-order valence-electron chi connectivity index (χ1n) is 10.7. The number of rotatable bonds is 11. The van der Waals surface area contributed by atoms with E-state index in [9.17, 15) is 0 Å². The second-order valence-electron chi connectivity index (χ2n) is 7.23. The van der Waals surface area contributed by atoms with E-state index in [1.54, 1.807) is 0 Å². The highest BCUT2D eigenvalue weighted by Crippen LogP contribution is 2.08. The van der Waals surface area contributed by atoms with Crippen LogP contribution in [0, 0.1) is 0 Å². The summed E-state index contributed by atoms with van der Waals surface area (Å²) in [4.78, 5) is 9.87. The molecule has 0 spiro atoms. The molecule has 1 atom stereocenters. The van der Waals surface area contributed by atoms with Gasteiger partial charge in [0, 0.05) is 19.1 Å². The van der Waals surface area contributed by atoms with Crippen LogP contribution in [0.2, 0.25) is 0 Å². The van der Waals surface area contributed by atoms with Crippen molar-refractivity contribution in [3.05, 3.63) is 0 Å². The summed E-state index contributed by atoms with van der Waals surface area (Å²) in [5.74, 6) is 0.979. The van der Waals surface area contributed by atoms with E-state index in [0.717, 1.165) is 38.7 Å². The SMILES string of the molecule is CCNC(=NCCN1CCCCCC1)NC(C)CCCN(CC)CC.I. The molecule has 0 bridgehead atoms. The highest BCUT2D eigenvalue weighted by Gasteiger charge is 2.09. The maximum Gasteiger partial charge on any atom is 0.191 e. The molecule has 1 aliphatic rings. The Labute approximate surface area is 179 Å². The number of halogens is 1. The third kappa shape index (κ3) is 12.3. The minimum atomic E-state index is 0. The van der Waals surface area contributed by atoms with Gasteiger partial charge >= 0.3 is 0 Å². The Morgan fingerprint density at radius 3 is 2.31 bits per heavy atom. The smallest absolute Gasteiger partial charge is 0.191 e. The number of hydrogen-bond acceptors (Lipinski definition) is 3. The first-order valence-corrected chi connectivity index (χ1v) is 10.7. The molecule has 1 rings (SSSR count). The molecule has 156 valence electrons. The van der Waals surface area contributed by atoms with Crippen LogP contribution < -0.4 is 10.6 Å². The summed E-state index contributed by atoms with van der Waals surface area (Å²) in [6, 6.07) is 0.464. The van der Waals surface area contributed by atoms with Crippen LogP contribution in [-0.2, 0) is 0 Å². The molecule has 1 heterocycles. The lowest BCUT2D eigenvalue weighted by molar-refractivity contribution is 0.291. The molecule has 0 aromatic rings. The summed E-state index contributed by atoms with van der Waals surface area (Å²) in [6.07, 6.45) is 7.93. The van der Waals surface area contributed by atoms with Crippen molar-refractivity contribution >= 4 is 29.9 Å². The number of guanidine groups is 1. The predicted octanol–water partition coefficient (Wildman–Crippen LogP) is 3.55. The molecule has 26 heavy (non-hydrogen) atoms. The topological polar surface area (TPSA) is 42.9 Å². The second-order valence-corrected chi connectivity index (χ2v) is 7.23. The monoisotopic (exact) mass is 481 g/mol. The first-order chi connectivity index (χ1) is 12.2. The zero-order valence-electron chi connectivity index (χ0n) is 17.7. The van der Waals surface area contributed by atoms with Crippen molar-refractivity contribution in [2.24, 2.45) is 4.99 Å². The third-order valence-corrected chi connectivity index (χ3v) is 5.12. The van der Waals surface area contributed by atoms with Gasteiger partial charge < -0.3 is 20.4 Å². The molecule has 0 aliphatic carbocycles. The van der Waals surface area contributed by atoms with E-state index in [2.05, 4.69) is 48.1 Å². The lowest BCUT2D eigenvalue weighted by Crippen LogP contribution is -2.43. The maximum atomic E-state index is 4.80. The minimum absolute atomic E-state index is 0. The average Bonchev–Trinajstić information content (AvgIpc) is 2.88. The third-order valence-electron chi connectivity index (χ3n) is 5.12. The van der Waals surface area contributed by atoms with Gasteiger partial charge in [-0.25, -0.2) is 0 Å². The number of nitrogens with zero attached hydrogens (tertiary/aromatic N) is 3. The number of hydrogen-bond donors (Lipinski definition) is 2. The molecule has 1 saturated heterocycles. The van der Waals surface area contributed by atoms with Gasteiger partial charge in [-0.3, -0.25) is 4.99 Å². The van der Waals surface area contributed by atoms with Gasteiger partial charge in [-0.1, -0.05) is 26.7 Å². The van der Waals surface area contributed by atoms with Crippen molar-refractivity contribution in [1.29, 1.82) is 0 Å². The van der Waals surface area contributed by atoms with E-state index < -0.39 is 0 Å². The van der Waals surface area contributed by atoms with Crippen LogP contribution in [0.3, 0.4) is 0 Å². The highest BCUT2D eigenvalue weighted by atomic mass is 127. The van der Waals surface area contributed by atoms with E-state index in [4.69, 9.17) is 4.99 Å². The van der Waals surface area contributed by atoms with Crippen LogP contribution in [0.1, 0.15) is 66.2 Å². The van der Waals surface area contributed by atoms with Gasteiger partial charge in [-0.05, 0) is 72.3 Å². The molecule has 1 unspecified atom stereocenters. The molecule has 1 aliphatic heterocycles. The van der Waals surface area contributed by atoms with Crippen LogP contribution in [0.5, 0.6) is 0 Å². The molecular weight excluding hydrogens is 437 g/mol. The molecule has 2 N–H and O–H groups in total. The fourth-order valence-corrected chi connectivity index (χ4v) is 3.45. The van der Waals surface area contributed by atoms with E-state index in [1.165, 1.54) is 58.2 Å². The fourth-order valence-electron chi connectivity index (χ4n) is 3.45. The predicted molar refractivity (Wildman–Crippen MR) is 126 cm³/mol.